The minimum Gasteiger partial charge on any atom is -0.493 e. The van der Waals surface area contributed by atoms with Crippen molar-refractivity contribution < 1.29 is 4.74 Å². The van der Waals surface area contributed by atoms with Crippen molar-refractivity contribution in [1.29, 1.82) is 0 Å². The number of piperidine rings is 1. The molecular formula is C29H31ClN2O2. The maximum atomic E-state index is 12.2. The molecule has 0 saturated carbocycles. The monoisotopic (exact) mass is 474 g/mol. The maximum absolute atomic E-state index is 12.2. The van der Waals surface area contributed by atoms with Gasteiger partial charge in [-0.25, -0.2) is 0 Å². The number of benzene rings is 3. The third-order valence-electron chi connectivity index (χ3n) is 6.65. The zero-order chi connectivity index (χ0) is 22.5. The van der Waals surface area contributed by atoms with Gasteiger partial charge in [-0.3, -0.25) is 4.79 Å². The van der Waals surface area contributed by atoms with Crippen molar-refractivity contribution in [3.63, 3.8) is 0 Å². The minimum atomic E-state index is -0.0996. The van der Waals surface area contributed by atoms with Crippen LogP contribution in [0.1, 0.15) is 30.7 Å². The lowest BCUT2D eigenvalue weighted by atomic mass is 9.89. The van der Waals surface area contributed by atoms with Crippen LogP contribution < -0.4 is 10.3 Å². The van der Waals surface area contributed by atoms with Crippen molar-refractivity contribution in [3.05, 3.63) is 101 Å². The molecule has 0 radical (unpaired) electrons. The average molecular weight is 475 g/mol. The molecule has 1 aliphatic heterocycles. The van der Waals surface area contributed by atoms with Gasteiger partial charge in [0.2, 0.25) is 5.56 Å². The van der Waals surface area contributed by atoms with E-state index in [4.69, 9.17) is 4.74 Å². The zero-order valence-electron chi connectivity index (χ0n) is 19.3. The summed E-state index contributed by atoms with van der Waals surface area (Å²) in [6, 6.07) is 28.6. The van der Waals surface area contributed by atoms with Gasteiger partial charge in [0.25, 0.3) is 0 Å². The first-order valence-electron chi connectivity index (χ1n) is 11.9. The lowest BCUT2D eigenvalue weighted by Gasteiger charge is -2.32. The summed E-state index contributed by atoms with van der Waals surface area (Å²) in [5.41, 5.74) is 4.17. The smallest absolute Gasteiger partial charge is 0.249 e. The van der Waals surface area contributed by atoms with Gasteiger partial charge < -0.3 is 14.6 Å². The standard InChI is InChI=1S/C29H30N2O2.ClH/c32-29-21-27(24-10-5-2-6-11-24)26-13-12-25(20-28(26)30-29)33-19-7-16-31-17-14-23(15-18-31)22-8-3-1-4-9-22;/h1-6,8-13,20-21,23H,7,14-19H2,(H,30,32);1H. The summed E-state index contributed by atoms with van der Waals surface area (Å²) in [5.74, 6) is 1.49. The molecule has 4 aromatic rings. The zero-order valence-corrected chi connectivity index (χ0v) is 20.1. The second-order valence-corrected chi connectivity index (χ2v) is 8.85. The lowest BCUT2D eigenvalue weighted by molar-refractivity contribution is 0.193. The number of nitrogens with zero attached hydrogens (tertiary/aromatic N) is 1. The lowest BCUT2D eigenvalue weighted by Crippen LogP contribution is -2.34. The van der Waals surface area contributed by atoms with Crippen LogP contribution in [0, 0.1) is 0 Å². The van der Waals surface area contributed by atoms with Crippen LogP contribution in [0.2, 0.25) is 0 Å². The van der Waals surface area contributed by atoms with Gasteiger partial charge in [-0.1, -0.05) is 60.7 Å². The highest BCUT2D eigenvalue weighted by molar-refractivity contribution is 5.94. The number of halogens is 1. The average Bonchev–Trinajstić information content (AvgIpc) is 2.87. The highest BCUT2D eigenvalue weighted by Gasteiger charge is 2.20. The number of nitrogens with one attached hydrogen (secondary N) is 1. The number of likely N-dealkylation sites (tertiary alicyclic amines) is 1. The van der Waals surface area contributed by atoms with Gasteiger partial charge in [0.15, 0.2) is 0 Å². The number of hydrogen-bond donors (Lipinski definition) is 1. The molecule has 0 aliphatic carbocycles. The summed E-state index contributed by atoms with van der Waals surface area (Å²) < 4.78 is 6.03. The fourth-order valence-electron chi connectivity index (χ4n) is 4.88. The summed E-state index contributed by atoms with van der Waals surface area (Å²) in [6.45, 7) is 4.04. The Morgan fingerprint density at radius 1 is 0.882 bits per heavy atom. The first-order chi connectivity index (χ1) is 16.3. The topological polar surface area (TPSA) is 45.3 Å². The van der Waals surface area contributed by atoms with Crippen LogP contribution >= 0.6 is 12.4 Å². The van der Waals surface area contributed by atoms with Crippen molar-refractivity contribution in [2.24, 2.45) is 0 Å². The van der Waals surface area contributed by atoms with Gasteiger partial charge in [-0.05, 0) is 67.1 Å². The van der Waals surface area contributed by atoms with Crippen molar-refractivity contribution >= 4 is 23.3 Å². The van der Waals surface area contributed by atoms with Crippen LogP contribution in [0.4, 0.5) is 0 Å². The molecule has 0 atom stereocenters. The molecule has 5 heteroatoms. The Labute approximate surface area is 207 Å². The summed E-state index contributed by atoms with van der Waals surface area (Å²) >= 11 is 0. The predicted molar refractivity (Wildman–Crippen MR) is 142 cm³/mol. The molecule has 1 aromatic heterocycles. The molecule has 34 heavy (non-hydrogen) atoms. The number of H-pyrrole nitrogens is 1. The predicted octanol–water partition coefficient (Wildman–Crippen LogP) is 6.27. The summed E-state index contributed by atoms with van der Waals surface area (Å²) in [5, 5.41) is 1.02. The summed E-state index contributed by atoms with van der Waals surface area (Å²) in [7, 11) is 0. The van der Waals surface area contributed by atoms with E-state index in [0.717, 1.165) is 53.8 Å². The molecule has 1 aliphatic rings. The number of pyridine rings is 1. The Morgan fingerprint density at radius 2 is 1.59 bits per heavy atom. The quantitative estimate of drug-likeness (QED) is 0.321. The number of ether oxygens (including phenoxy) is 1. The molecule has 0 spiro atoms. The van der Waals surface area contributed by atoms with E-state index >= 15 is 0 Å². The second kappa shape index (κ2) is 11.4. The molecule has 1 saturated heterocycles. The highest BCUT2D eigenvalue weighted by Crippen LogP contribution is 2.29. The van der Waals surface area contributed by atoms with E-state index in [9.17, 15) is 4.79 Å². The number of aromatic amines is 1. The minimum absolute atomic E-state index is 0. The van der Waals surface area contributed by atoms with Crippen LogP contribution in [0.25, 0.3) is 22.0 Å². The third-order valence-corrected chi connectivity index (χ3v) is 6.65. The van der Waals surface area contributed by atoms with E-state index in [-0.39, 0.29) is 18.0 Å². The molecule has 176 valence electrons. The Morgan fingerprint density at radius 3 is 2.32 bits per heavy atom. The summed E-state index contributed by atoms with van der Waals surface area (Å²) in [4.78, 5) is 17.7. The normalized spacial score (nSPS) is 14.6. The Hall–Kier alpha value is -3.08. The van der Waals surface area contributed by atoms with Gasteiger partial charge in [0.1, 0.15) is 5.75 Å². The van der Waals surface area contributed by atoms with Crippen LogP contribution in [0.5, 0.6) is 5.75 Å². The largest absolute Gasteiger partial charge is 0.493 e. The third kappa shape index (κ3) is 5.69. The molecule has 4 nitrogen and oxygen atoms in total. The van der Waals surface area contributed by atoms with E-state index in [2.05, 4.69) is 40.2 Å². The van der Waals surface area contributed by atoms with Gasteiger partial charge in [-0.15, -0.1) is 12.4 Å². The SMILES string of the molecule is Cl.O=c1cc(-c2ccccc2)c2ccc(OCCCN3CCC(c4ccccc4)CC3)cc2[nH]1. The first kappa shape index (κ1) is 24.1. The van der Waals surface area contributed by atoms with Crippen LogP contribution in [0.15, 0.2) is 89.7 Å². The first-order valence-corrected chi connectivity index (χ1v) is 11.9. The van der Waals surface area contributed by atoms with E-state index in [1.165, 1.54) is 18.4 Å². The van der Waals surface area contributed by atoms with Crippen molar-refractivity contribution in [2.75, 3.05) is 26.2 Å². The van der Waals surface area contributed by atoms with E-state index in [0.29, 0.717) is 12.5 Å². The number of aromatic nitrogens is 1. The Kier molecular flexibility index (Phi) is 8.04. The van der Waals surface area contributed by atoms with Gasteiger partial charge in [0, 0.05) is 24.1 Å². The molecule has 0 unspecified atom stereocenters. The Balaban J connectivity index is 0.00000274. The molecule has 0 amide bonds. The fourth-order valence-corrected chi connectivity index (χ4v) is 4.88. The molecule has 1 fully saturated rings. The van der Waals surface area contributed by atoms with Gasteiger partial charge in [-0.2, -0.15) is 0 Å². The van der Waals surface area contributed by atoms with E-state index in [1.54, 1.807) is 6.07 Å². The molecule has 3 aromatic carbocycles. The molecule has 5 rings (SSSR count). The molecule has 2 heterocycles. The highest BCUT2D eigenvalue weighted by atomic mass is 35.5. The number of rotatable bonds is 7. The van der Waals surface area contributed by atoms with E-state index < -0.39 is 0 Å². The fraction of sp³-hybridized carbons (Fsp3) is 0.276. The molecule has 0 bridgehead atoms. The number of fused-ring (bicyclic) bond motifs is 1. The second-order valence-electron chi connectivity index (χ2n) is 8.85. The summed E-state index contributed by atoms with van der Waals surface area (Å²) in [6.07, 6.45) is 3.45. The maximum Gasteiger partial charge on any atom is 0.249 e. The van der Waals surface area contributed by atoms with Crippen molar-refractivity contribution in [2.45, 2.75) is 25.2 Å². The van der Waals surface area contributed by atoms with Crippen LogP contribution in [-0.2, 0) is 0 Å². The van der Waals surface area contributed by atoms with Crippen LogP contribution in [-0.4, -0.2) is 36.1 Å². The Bertz CT molecular complexity index is 1250. The van der Waals surface area contributed by atoms with Gasteiger partial charge in [0.05, 0.1) is 12.1 Å². The number of hydrogen-bond acceptors (Lipinski definition) is 3. The van der Waals surface area contributed by atoms with E-state index in [1.807, 2.05) is 48.5 Å². The van der Waals surface area contributed by atoms with Crippen molar-refractivity contribution in [1.82, 2.24) is 9.88 Å². The molecule has 1 N–H and O–H groups in total. The van der Waals surface area contributed by atoms with Crippen LogP contribution in [0.3, 0.4) is 0 Å². The molecular weight excluding hydrogens is 444 g/mol. The van der Waals surface area contributed by atoms with Gasteiger partial charge >= 0.3 is 0 Å². The van der Waals surface area contributed by atoms with Crippen molar-refractivity contribution in [3.8, 4) is 16.9 Å².